The molecule has 18 heavy (non-hydrogen) atoms. The zero-order valence-electron chi connectivity index (χ0n) is 8.63. The molecule has 0 heterocycles. The van der Waals surface area contributed by atoms with Crippen molar-refractivity contribution in [2.75, 3.05) is 0 Å². The van der Waals surface area contributed by atoms with E-state index in [-0.39, 0.29) is 0 Å². The first-order valence-electron chi connectivity index (χ1n) is 4.63. The van der Waals surface area contributed by atoms with E-state index in [0.717, 1.165) is 0 Å². The van der Waals surface area contributed by atoms with Gasteiger partial charge >= 0.3 is 12.4 Å². The van der Waals surface area contributed by atoms with Gasteiger partial charge in [-0.05, 0) is 11.1 Å². The standard InChI is InChI=1S/C10H8F6O2/c11-9(12,13)7(17)5-1-2-6(4-3-5)8(18)10(14,15)16/h1-4,7-8,17-18H/t7-,8-/m1/s1. The van der Waals surface area contributed by atoms with E-state index in [1.165, 1.54) is 0 Å². The van der Waals surface area contributed by atoms with Crippen molar-refractivity contribution in [2.24, 2.45) is 0 Å². The molecule has 0 aliphatic carbocycles. The number of halogens is 6. The normalized spacial score (nSPS) is 16.4. The van der Waals surface area contributed by atoms with E-state index in [2.05, 4.69) is 0 Å². The second-order valence-corrected chi connectivity index (χ2v) is 3.55. The number of aliphatic hydroxyl groups is 2. The van der Waals surface area contributed by atoms with Crippen molar-refractivity contribution >= 4 is 0 Å². The van der Waals surface area contributed by atoms with Gasteiger partial charge in [0.2, 0.25) is 0 Å². The molecule has 0 saturated carbocycles. The summed E-state index contributed by atoms with van der Waals surface area (Å²) >= 11 is 0. The van der Waals surface area contributed by atoms with Crippen LogP contribution in [0.15, 0.2) is 24.3 Å². The molecule has 0 unspecified atom stereocenters. The van der Waals surface area contributed by atoms with Crippen molar-refractivity contribution in [3.8, 4) is 0 Å². The van der Waals surface area contributed by atoms with Gasteiger partial charge in [0.25, 0.3) is 0 Å². The molecule has 0 aliphatic rings. The summed E-state index contributed by atoms with van der Waals surface area (Å²) in [7, 11) is 0. The summed E-state index contributed by atoms with van der Waals surface area (Å²) in [5.41, 5.74) is -1.19. The van der Waals surface area contributed by atoms with Gasteiger partial charge in [-0.15, -0.1) is 0 Å². The van der Waals surface area contributed by atoms with Gasteiger partial charge in [-0.3, -0.25) is 0 Å². The summed E-state index contributed by atoms with van der Waals surface area (Å²) in [6, 6.07) is 2.73. The third kappa shape index (κ3) is 3.36. The predicted octanol–water partition coefficient (Wildman–Crippen LogP) is 2.88. The highest BCUT2D eigenvalue weighted by atomic mass is 19.4. The van der Waals surface area contributed by atoms with E-state index in [1.807, 2.05) is 0 Å². The van der Waals surface area contributed by atoms with Gasteiger partial charge in [-0.1, -0.05) is 24.3 Å². The molecule has 2 N–H and O–H groups in total. The van der Waals surface area contributed by atoms with E-state index in [4.69, 9.17) is 10.2 Å². The maximum Gasteiger partial charge on any atom is 0.418 e. The summed E-state index contributed by atoms with van der Waals surface area (Å²) in [5.74, 6) is 0. The summed E-state index contributed by atoms with van der Waals surface area (Å²) in [4.78, 5) is 0. The molecule has 1 aromatic rings. The third-order valence-corrected chi connectivity index (χ3v) is 2.19. The number of hydrogen-bond acceptors (Lipinski definition) is 2. The molecular weight excluding hydrogens is 266 g/mol. The van der Waals surface area contributed by atoms with Crippen LogP contribution in [0.5, 0.6) is 0 Å². The van der Waals surface area contributed by atoms with E-state index in [9.17, 15) is 26.3 Å². The quantitative estimate of drug-likeness (QED) is 0.814. The van der Waals surface area contributed by atoms with Crippen LogP contribution in [0.4, 0.5) is 26.3 Å². The Morgan fingerprint density at radius 1 is 0.667 bits per heavy atom. The maximum absolute atomic E-state index is 12.1. The first-order chi connectivity index (χ1) is 8.03. The largest absolute Gasteiger partial charge is 0.418 e. The van der Waals surface area contributed by atoms with Gasteiger partial charge in [0.1, 0.15) is 0 Å². The molecule has 0 spiro atoms. The second-order valence-electron chi connectivity index (χ2n) is 3.55. The molecule has 0 aromatic heterocycles. The number of rotatable bonds is 2. The Kier molecular flexibility index (Phi) is 3.92. The Balaban J connectivity index is 2.94. The van der Waals surface area contributed by atoms with Crippen LogP contribution in [-0.4, -0.2) is 22.6 Å². The van der Waals surface area contributed by atoms with Gasteiger partial charge in [-0.2, -0.15) is 26.3 Å². The fourth-order valence-electron chi connectivity index (χ4n) is 1.24. The summed E-state index contributed by atoms with van der Waals surface area (Å²) in [6.07, 6.45) is -15.3. The first-order valence-corrected chi connectivity index (χ1v) is 4.63. The molecule has 2 nitrogen and oxygen atoms in total. The topological polar surface area (TPSA) is 40.5 Å². The number of benzene rings is 1. The van der Waals surface area contributed by atoms with Gasteiger partial charge in [0.05, 0.1) is 0 Å². The average Bonchev–Trinajstić information content (AvgIpc) is 2.25. The molecule has 0 aliphatic heterocycles. The minimum absolute atomic E-state index is 0.597. The van der Waals surface area contributed by atoms with Gasteiger partial charge in [0, 0.05) is 0 Å². The molecule has 8 heteroatoms. The lowest BCUT2D eigenvalue weighted by atomic mass is 10.0. The molecule has 0 saturated heterocycles. The Bertz CT molecular complexity index is 355. The monoisotopic (exact) mass is 274 g/mol. The number of alkyl halides is 6. The lowest BCUT2D eigenvalue weighted by Crippen LogP contribution is -2.21. The number of hydrogen-bond donors (Lipinski definition) is 2. The predicted molar refractivity (Wildman–Crippen MR) is 48.5 cm³/mol. The van der Waals surface area contributed by atoms with Crippen LogP contribution in [0, 0.1) is 0 Å². The lowest BCUT2D eigenvalue weighted by Gasteiger charge is -2.17. The highest BCUT2D eigenvalue weighted by Crippen LogP contribution is 2.35. The zero-order chi connectivity index (χ0) is 14.1. The Morgan fingerprint density at radius 3 is 1.06 bits per heavy atom. The molecule has 0 bridgehead atoms. The molecule has 1 aromatic carbocycles. The third-order valence-electron chi connectivity index (χ3n) is 2.19. The van der Waals surface area contributed by atoms with E-state index < -0.39 is 35.7 Å². The molecule has 2 atom stereocenters. The second kappa shape index (κ2) is 4.77. The summed E-state index contributed by atoms with van der Waals surface area (Å²) in [6.45, 7) is 0. The molecule has 0 amide bonds. The smallest absolute Gasteiger partial charge is 0.379 e. The zero-order valence-corrected chi connectivity index (χ0v) is 8.63. The highest BCUT2D eigenvalue weighted by Gasteiger charge is 2.41. The van der Waals surface area contributed by atoms with E-state index >= 15 is 0 Å². The Labute approximate surface area is 97.5 Å². The lowest BCUT2D eigenvalue weighted by molar-refractivity contribution is -0.208. The van der Waals surface area contributed by atoms with Crippen molar-refractivity contribution < 1.29 is 36.6 Å². The Hall–Kier alpha value is -1.28. The van der Waals surface area contributed by atoms with Crippen LogP contribution in [0.2, 0.25) is 0 Å². The molecule has 1 rings (SSSR count). The summed E-state index contributed by atoms with van der Waals surface area (Å²) in [5, 5.41) is 17.7. The maximum atomic E-state index is 12.1. The molecular formula is C10H8F6O2. The van der Waals surface area contributed by atoms with Crippen LogP contribution in [0.1, 0.15) is 23.3 Å². The van der Waals surface area contributed by atoms with Crippen LogP contribution < -0.4 is 0 Å². The van der Waals surface area contributed by atoms with Crippen molar-refractivity contribution in [3.05, 3.63) is 35.4 Å². The first kappa shape index (κ1) is 14.8. The highest BCUT2D eigenvalue weighted by molar-refractivity contribution is 5.27. The van der Waals surface area contributed by atoms with Crippen LogP contribution in [0.25, 0.3) is 0 Å². The van der Waals surface area contributed by atoms with Gasteiger partial charge in [-0.25, -0.2) is 0 Å². The molecule has 102 valence electrons. The van der Waals surface area contributed by atoms with E-state index in [1.54, 1.807) is 0 Å². The minimum atomic E-state index is -4.90. The fraction of sp³-hybridized carbons (Fsp3) is 0.400. The van der Waals surface area contributed by atoms with E-state index in [0.29, 0.717) is 24.3 Å². The molecule has 0 fully saturated rings. The number of aliphatic hydroxyl groups excluding tert-OH is 2. The van der Waals surface area contributed by atoms with Crippen molar-refractivity contribution in [1.29, 1.82) is 0 Å². The van der Waals surface area contributed by atoms with Gasteiger partial charge < -0.3 is 10.2 Å². The minimum Gasteiger partial charge on any atom is -0.379 e. The molecule has 0 radical (unpaired) electrons. The Morgan fingerprint density at radius 2 is 0.889 bits per heavy atom. The van der Waals surface area contributed by atoms with Crippen LogP contribution >= 0.6 is 0 Å². The van der Waals surface area contributed by atoms with Crippen molar-refractivity contribution in [2.45, 2.75) is 24.6 Å². The summed E-state index contributed by atoms with van der Waals surface area (Å²) < 4.78 is 72.6. The average molecular weight is 274 g/mol. The van der Waals surface area contributed by atoms with Crippen LogP contribution in [0.3, 0.4) is 0 Å². The SMILES string of the molecule is O[C@H](c1ccc([C@@H](O)C(F)(F)F)cc1)C(F)(F)F. The fourth-order valence-corrected chi connectivity index (χ4v) is 1.24. The van der Waals surface area contributed by atoms with Crippen LogP contribution in [-0.2, 0) is 0 Å². The van der Waals surface area contributed by atoms with Crippen molar-refractivity contribution in [1.82, 2.24) is 0 Å². The van der Waals surface area contributed by atoms with Gasteiger partial charge in [0.15, 0.2) is 12.2 Å². The van der Waals surface area contributed by atoms with Crippen molar-refractivity contribution in [3.63, 3.8) is 0 Å².